The van der Waals surface area contributed by atoms with E-state index in [4.69, 9.17) is 4.74 Å². The monoisotopic (exact) mass is 239 g/mol. The van der Waals surface area contributed by atoms with Gasteiger partial charge in [-0.05, 0) is 6.92 Å². The number of nitrogens with one attached hydrogen (secondary N) is 1. The average Bonchev–Trinajstić information content (AvgIpc) is 2.74. The van der Waals surface area contributed by atoms with Crippen molar-refractivity contribution in [3.05, 3.63) is 12.2 Å². The topological polar surface area (TPSA) is 55.2 Å². The van der Waals surface area contributed by atoms with E-state index in [-0.39, 0.29) is 0 Å². The summed E-state index contributed by atoms with van der Waals surface area (Å²) in [6.45, 7) is 7.81. The third-order valence-corrected chi connectivity index (χ3v) is 3.05. The van der Waals surface area contributed by atoms with Crippen LogP contribution in [0.2, 0.25) is 0 Å². The van der Waals surface area contributed by atoms with E-state index in [0.29, 0.717) is 6.04 Å². The molecule has 0 saturated carbocycles. The normalized spacial score (nSPS) is 19.4. The van der Waals surface area contributed by atoms with Gasteiger partial charge in [0.25, 0.3) is 0 Å². The van der Waals surface area contributed by atoms with Crippen molar-refractivity contribution in [2.45, 2.75) is 19.5 Å². The molecule has 96 valence electrons. The predicted octanol–water partition coefficient (Wildman–Crippen LogP) is -0.375. The first-order valence-corrected chi connectivity index (χ1v) is 6.12. The number of rotatable bonds is 5. The Hall–Kier alpha value is -0.980. The van der Waals surface area contributed by atoms with Crippen molar-refractivity contribution in [1.82, 2.24) is 25.0 Å². The summed E-state index contributed by atoms with van der Waals surface area (Å²) in [6.07, 6.45) is 1.73. The molecule has 6 nitrogen and oxygen atoms in total. The molecule has 2 heterocycles. The van der Waals surface area contributed by atoms with Crippen LogP contribution < -0.4 is 5.32 Å². The second-order valence-electron chi connectivity index (χ2n) is 4.55. The lowest BCUT2D eigenvalue weighted by Gasteiger charge is -2.29. The third-order valence-electron chi connectivity index (χ3n) is 3.05. The lowest BCUT2D eigenvalue weighted by molar-refractivity contribution is 0.0343. The summed E-state index contributed by atoms with van der Waals surface area (Å²) in [4.78, 5) is 2.43. The molecule has 1 aliphatic heterocycles. The van der Waals surface area contributed by atoms with Crippen LogP contribution in [0.4, 0.5) is 0 Å². The quantitative estimate of drug-likeness (QED) is 0.759. The Kier molecular flexibility index (Phi) is 4.47. The summed E-state index contributed by atoms with van der Waals surface area (Å²) >= 11 is 0. The molecule has 1 atom stereocenters. The molecular weight excluding hydrogens is 218 g/mol. The van der Waals surface area contributed by atoms with E-state index >= 15 is 0 Å². The summed E-state index contributed by atoms with van der Waals surface area (Å²) in [5, 5.41) is 11.4. The highest BCUT2D eigenvalue weighted by Gasteiger charge is 2.13. The van der Waals surface area contributed by atoms with Crippen molar-refractivity contribution in [3.8, 4) is 0 Å². The van der Waals surface area contributed by atoms with Gasteiger partial charge in [0.1, 0.15) is 12.2 Å². The van der Waals surface area contributed by atoms with Gasteiger partial charge in [0.15, 0.2) is 0 Å². The average molecular weight is 239 g/mol. The first-order chi connectivity index (χ1) is 8.25. The Balaban J connectivity index is 1.70. The minimum absolute atomic E-state index is 0.449. The number of hydrogen-bond acceptors (Lipinski definition) is 5. The molecular formula is C11H21N5O. The fourth-order valence-corrected chi connectivity index (χ4v) is 1.97. The van der Waals surface area contributed by atoms with E-state index in [9.17, 15) is 0 Å². The van der Waals surface area contributed by atoms with Crippen LogP contribution >= 0.6 is 0 Å². The van der Waals surface area contributed by atoms with Crippen LogP contribution in [0, 0.1) is 0 Å². The van der Waals surface area contributed by atoms with Gasteiger partial charge < -0.3 is 14.6 Å². The largest absolute Gasteiger partial charge is 0.379 e. The Morgan fingerprint density at radius 3 is 2.88 bits per heavy atom. The molecule has 0 spiro atoms. The van der Waals surface area contributed by atoms with Crippen LogP contribution in [0.15, 0.2) is 6.33 Å². The van der Waals surface area contributed by atoms with E-state index in [1.54, 1.807) is 6.33 Å². The van der Waals surface area contributed by atoms with Crippen LogP contribution in [0.1, 0.15) is 12.7 Å². The van der Waals surface area contributed by atoms with Crippen LogP contribution in [-0.2, 0) is 18.3 Å². The second-order valence-corrected chi connectivity index (χ2v) is 4.55. The molecule has 0 aromatic carbocycles. The first-order valence-electron chi connectivity index (χ1n) is 6.12. The standard InChI is InChI=1S/C11H21N5O/c1-10(8-16-3-5-17-6-4-16)12-7-11-14-13-9-15(11)2/h9-10,12H,3-8H2,1-2H3. The first kappa shape index (κ1) is 12.5. The Morgan fingerprint density at radius 2 is 2.24 bits per heavy atom. The van der Waals surface area contributed by atoms with Gasteiger partial charge in [-0.3, -0.25) is 4.90 Å². The summed E-state index contributed by atoms with van der Waals surface area (Å²) in [5.41, 5.74) is 0. The van der Waals surface area contributed by atoms with Crippen molar-refractivity contribution >= 4 is 0 Å². The van der Waals surface area contributed by atoms with Crippen molar-refractivity contribution in [3.63, 3.8) is 0 Å². The van der Waals surface area contributed by atoms with E-state index in [2.05, 4.69) is 27.3 Å². The van der Waals surface area contributed by atoms with E-state index in [0.717, 1.165) is 45.2 Å². The number of morpholine rings is 1. The molecule has 1 aliphatic rings. The van der Waals surface area contributed by atoms with Gasteiger partial charge in [0.05, 0.1) is 19.8 Å². The molecule has 1 aromatic heterocycles. The van der Waals surface area contributed by atoms with Gasteiger partial charge in [-0.15, -0.1) is 10.2 Å². The Bertz CT molecular complexity index is 334. The zero-order chi connectivity index (χ0) is 12.1. The van der Waals surface area contributed by atoms with E-state index in [1.165, 1.54) is 0 Å². The van der Waals surface area contributed by atoms with Crippen LogP contribution in [-0.4, -0.2) is 58.6 Å². The molecule has 1 unspecified atom stereocenters. The second kappa shape index (κ2) is 6.09. The maximum Gasteiger partial charge on any atom is 0.146 e. The smallest absolute Gasteiger partial charge is 0.146 e. The zero-order valence-corrected chi connectivity index (χ0v) is 10.6. The number of ether oxygens (including phenoxy) is 1. The highest BCUT2D eigenvalue weighted by atomic mass is 16.5. The van der Waals surface area contributed by atoms with Crippen molar-refractivity contribution in [2.24, 2.45) is 7.05 Å². The molecule has 1 saturated heterocycles. The molecule has 1 aromatic rings. The molecule has 0 radical (unpaired) electrons. The molecule has 0 bridgehead atoms. The van der Waals surface area contributed by atoms with Crippen molar-refractivity contribution < 1.29 is 4.74 Å². The minimum Gasteiger partial charge on any atom is -0.379 e. The fraction of sp³-hybridized carbons (Fsp3) is 0.818. The van der Waals surface area contributed by atoms with Crippen LogP contribution in [0.5, 0.6) is 0 Å². The molecule has 1 fully saturated rings. The fourth-order valence-electron chi connectivity index (χ4n) is 1.97. The van der Waals surface area contributed by atoms with Gasteiger partial charge in [0.2, 0.25) is 0 Å². The lowest BCUT2D eigenvalue weighted by Crippen LogP contribution is -2.44. The summed E-state index contributed by atoms with van der Waals surface area (Å²) in [7, 11) is 1.96. The van der Waals surface area contributed by atoms with Gasteiger partial charge in [0, 0.05) is 32.7 Å². The summed E-state index contributed by atoms with van der Waals surface area (Å²) < 4.78 is 7.27. The zero-order valence-electron chi connectivity index (χ0n) is 10.6. The minimum atomic E-state index is 0.449. The predicted molar refractivity (Wildman–Crippen MR) is 64.6 cm³/mol. The highest BCUT2D eigenvalue weighted by molar-refractivity contribution is 4.84. The molecule has 1 N–H and O–H groups in total. The number of aryl methyl sites for hydroxylation is 1. The molecule has 0 amide bonds. The Labute approximate surface area is 102 Å². The maximum atomic E-state index is 5.33. The summed E-state index contributed by atoms with van der Waals surface area (Å²) in [6, 6.07) is 0.449. The van der Waals surface area contributed by atoms with E-state index in [1.807, 2.05) is 11.6 Å². The van der Waals surface area contributed by atoms with Crippen LogP contribution in [0.25, 0.3) is 0 Å². The van der Waals surface area contributed by atoms with Crippen molar-refractivity contribution in [2.75, 3.05) is 32.8 Å². The lowest BCUT2D eigenvalue weighted by atomic mass is 10.3. The van der Waals surface area contributed by atoms with Gasteiger partial charge in [-0.1, -0.05) is 0 Å². The number of aromatic nitrogens is 3. The number of hydrogen-bond donors (Lipinski definition) is 1. The Morgan fingerprint density at radius 1 is 1.47 bits per heavy atom. The third kappa shape index (κ3) is 3.76. The molecule has 0 aliphatic carbocycles. The van der Waals surface area contributed by atoms with Gasteiger partial charge in [-0.25, -0.2) is 0 Å². The van der Waals surface area contributed by atoms with Crippen LogP contribution in [0.3, 0.4) is 0 Å². The summed E-state index contributed by atoms with van der Waals surface area (Å²) in [5.74, 6) is 0.971. The van der Waals surface area contributed by atoms with Crippen molar-refractivity contribution in [1.29, 1.82) is 0 Å². The number of nitrogens with zero attached hydrogens (tertiary/aromatic N) is 4. The molecule has 6 heteroatoms. The maximum absolute atomic E-state index is 5.33. The SMILES string of the molecule is CC(CN1CCOCC1)NCc1nncn1C. The van der Waals surface area contributed by atoms with Gasteiger partial charge in [-0.2, -0.15) is 0 Å². The molecule has 17 heavy (non-hydrogen) atoms. The molecule has 2 rings (SSSR count). The van der Waals surface area contributed by atoms with Gasteiger partial charge >= 0.3 is 0 Å². The van der Waals surface area contributed by atoms with E-state index < -0.39 is 0 Å². The highest BCUT2D eigenvalue weighted by Crippen LogP contribution is 1.99.